The Morgan fingerprint density at radius 1 is 1.71 bits per heavy atom. The number of rotatable bonds is 2. The maximum atomic E-state index is 5.42. The van der Waals surface area contributed by atoms with Crippen molar-refractivity contribution in [1.82, 2.24) is 0 Å². The van der Waals surface area contributed by atoms with Gasteiger partial charge in [0.2, 0.25) is 0 Å². The Labute approximate surface area is 44.2 Å². The molecule has 0 rings (SSSR count). The van der Waals surface area contributed by atoms with Crippen molar-refractivity contribution in [3.05, 3.63) is 12.3 Å². The van der Waals surface area contributed by atoms with Crippen LogP contribution in [0.4, 0.5) is 0 Å². The molecule has 2 nitrogen and oxygen atoms in total. The molecule has 1 atom stereocenters. The molecule has 0 fully saturated rings. The minimum absolute atomic E-state index is 0.144. The molecular formula is C5H12N2. The average Bonchev–Trinajstić information content (AvgIpc) is 1.68. The summed E-state index contributed by atoms with van der Waals surface area (Å²) in [7, 11) is 0. The van der Waals surface area contributed by atoms with Crippen LogP contribution in [0.2, 0.25) is 0 Å². The minimum atomic E-state index is 0.144. The van der Waals surface area contributed by atoms with Gasteiger partial charge in [0.15, 0.2) is 0 Å². The molecular weight excluding hydrogens is 88.1 g/mol. The van der Waals surface area contributed by atoms with Gasteiger partial charge in [0.25, 0.3) is 0 Å². The van der Waals surface area contributed by atoms with Crippen LogP contribution in [0.1, 0.15) is 13.3 Å². The predicted molar refractivity (Wildman–Crippen MR) is 31.6 cm³/mol. The van der Waals surface area contributed by atoms with Gasteiger partial charge >= 0.3 is 0 Å². The van der Waals surface area contributed by atoms with E-state index in [4.69, 9.17) is 11.5 Å². The molecule has 0 saturated carbocycles. The Morgan fingerprint density at radius 2 is 2.29 bits per heavy atom. The second kappa shape index (κ2) is 3.68. The number of nitrogens with two attached hydrogens (primary N) is 2. The van der Waals surface area contributed by atoms with E-state index >= 15 is 0 Å². The molecule has 0 bridgehead atoms. The molecule has 0 aliphatic heterocycles. The van der Waals surface area contributed by atoms with Gasteiger partial charge in [-0.3, -0.25) is 0 Å². The molecule has 0 aliphatic carbocycles. The SMILES string of the molecule is CCC(N)/C=C\N. The van der Waals surface area contributed by atoms with E-state index in [2.05, 4.69) is 0 Å². The topological polar surface area (TPSA) is 52.0 Å². The van der Waals surface area contributed by atoms with Crippen molar-refractivity contribution in [1.29, 1.82) is 0 Å². The van der Waals surface area contributed by atoms with E-state index in [9.17, 15) is 0 Å². The largest absolute Gasteiger partial charge is 0.405 e. The minimum Gasteiger partial charge on any atom is -0.405 e. The van der Waals surface area contributed by atoms with Crippen molar-refractivity contribution in [2.24, 2.45) is 11.5 Å². The van der Waals surface area contributed by atoms with Crippen molar-refractivity contribution in [3.63, 3.8) is 0 Å². The summed E-state index contributed by atoms with van der Waals surface area (Å²) < 4.78 is 0. The van der Waals surface area contributed by atoms with Gasteiger partial charge in [-0.05, 0) is 12.6 Å². The van der Waals surface area contributed by atoms with Crippen molar-refractivity contribution >= 4 is 0 Å². The third kappa shape index (κ3) is 3.33. The zero-order valence-electron chi connectivity index (χ0n) is 4.59. The van der Waals surface area contributed by atoms with Gasteiger partial charge in [0.05, 0.1) is 0 Å². The summed E-state index contributed by atoms with van der Waals surface area (Å²) in [4.78, 5) is 0. The zero-order valence-corrected chi connectivity index (χ0v) is 4.59. The third-order valence-corrected chi connectivity index (χ3v) is 0.830. The molecule has 1 unspecified atom stereocenters. The fourth-order valence-corrected chi connectivity index (χ4v) is 0.279. The summed E-state index contributed by atoms with van der Waals surface area (Å²) in [5, 5.41) is 0. The summed E-state index contributed by atoms with van der Waals surface area (Å²) in [6.07, 6.45) is 4.21. The lowest BCUT2D eigenvalue weighted by molar-refractivity contribution is 0.781. The van der Waals surface area contributed by atoms with E-state index in [1.807, 2.05) is 6.92 Å². The van der Waals surface area contributed by atoms with E-state index in [-0.39, 0.29) is 6.04 Å². The summed E-state index contributed by atoms with van der Waals surface area (Å²) in [6, 6.07) is 0.144. The summed E-state index contributed by atoms with van der Waals surface area (Å²) in [5.74, 6) is 0. The van der Waals surface area contributed by atoms with Crippen molar-refractivity contribution in [3.8, 4) is 0 Å². The quantitative estimate of drug-likeness (QED) is 0.520. The Hall–Kier alpha value is -0.500. The maximum absolute atomic E-state index is 5.42. The first-order valence-electron chi connectivity index (χ1n) is 2.45. The standard InChI is InChI=1S/C5H12N2/c1-2-5(7)3-4-6/h3-5H,2,6-7H2,1H3/b4-3-. The monoisotopic (exact) mass is 100 g/mol. The van der Waals surface area contributed by atoms with Crippen LogP contribution < -0.4 is 11.5 Å². The lowest BCUT2D eigenvalue weighted by atomic mass is 10.2. The van der Waals surface area contributed by atoms with Crippen LogP contribution in [-0.4, -0.2) is 6.04 Å². The second-order valence-electron chi connectivity index (χ2n) is 1.46. The predicted octanol–water partition coefficient (Wildman–Crippen LogP) is 0.196. The van der Waals surface area contributed by atoms with Crippen molar-refractivity contribution < 1.29 is 0 Å². The molecule has 0 saturated heterocycles. The van der Waals surface area contributed by atoms with E-state index in [0.717, 1.165) is 6.42 Å². The molecule has 0 aliphatic rings. The summed E-state index contributed by atoms with van der Waals surface area (Å²) in [6.45, 7) is 2.02. The molecule has 42 valence electrons. The van der Waals surface area contributed by atoms with Crippen LogP contribution in [0.5, 0.6) is 0 Å². The van der Waals surface area contributed by atoms with E-state index < -0.39 is 0 Å². The van der Waals surface area contributed by atoms with Crippen LogP contribution in [0.15, 0.2) is 12.3 Å². The Morgan fingerprint density at radius 3 is 2.43 bits per heavy atom. The first-order chi connectivity index (χ1) is 3.31. The van der Waals surface area contributed by atoms with E-state index in [1.165, 1.54) is 6.20 Å². The summed E-state index contributed by atoms with van der Waals surface area (Å²) >= 11 is 0. The summed E-state index contributed by atoms with van der Waals surface area (Å²) in [5.41, 5.74) is 10.5. The molecule has 0 aromatic rings. The van der Waals surface area contributed by atoms with Gasteiger partial charge in [0.1, 0.15) is 0 Å². The van der Waals surface area contributed by atoms with Gasteiger partial charge in [-0.2, -0.15) is 0 Å². The van der Waals surface area contributed by atoms with E-state index in [1.54, 1.807) is 6.08 Å². The molecule has 0 amide bonds. The maximum Gasteiger partial charge on any atom is 0.0237 e. The Balaban J connectivity index is 3.16. The fourth-order valence-electron chi connectivity index (χ4n) is 0.279. The lowest BCUT2D eigenvalue weighted by Gasteiger charge is -1.96. The zero-order chi connectivity index (χ0) is 5.70. The van der Waals surface area contributed by atoms with Crippen LogP contribution in [0.25, 0.3) is 0 Å². The third-order valence-electron chi connectivity index (χ3n) is 0.830. The average molecular weight is 100 g/mol. The Bertz CT molecular complexity index is 59.1. The molecule has 0 aromatic heterocycles. The molecule has 2 heteroatoms. The molecule has 0 radical (unpaired) electrons. The van der Waals surface area contributed by atoms with Gasteiger partial charge in [-0.15, -0.1) is 0 Å². The molecule has 7 heavy (non-hydrogen) atoms. The highest BCUT2D eigenvalue weighted by Gasteiger charge is 1.86. The molecule has 0 aromatic carbocycles. The van der Waals surface area contributed by atoms with Gasteiger partial charge in [0, 0.05) is 6.04 Å². The van der Waals surface area contributed by atoms with Gasteiger partial charge < -0.3 is 11.5 Å². The molecule has 0 heterocycles. The van der Waals surface area contributed by atoms with Crippen molar-refractivity contribution in [2.75, 3.05) is 0 Å². The fraction of sp³-hybridized carbons (Fsp3) is 0.600. The first kappa shape index (κ1) is 6.50. The lowest BCUT2D eigenvalue weighted by Crippen LogP contribution is -2.14. The van der Waals surface area contributed by atoms with Gasteiger partial charge in [-0.1, -0.05) is 13.0 Å². The van der Waals surface area contributed by atoms with Crippen LogP contribution in [-0.2, 0) is 0 Å². The first-order valence-corrected chi connectivity index (χ1v) is 2.45. The van der Waals surface area contributed by atoms with E-state index in [0.29, 0.717) is 0 Å². The highest BCUT2D eigenvalue weighted by atomic mass is 14.6. The Kier molecular flexibility index (Phi) is 3.42. The van der Waals surface area contributed by atoms with Gasteiger partial charge in [-0.25, -0.2) is 0 Å². The number of hydrogen-bond acceptors (Lipinski definition) is 2. The number of hydrogen-bond donors (Lipinski definition) is 2. The van der Waals surface area contributed by atoms with Crippen molar-refractivity contribution in [2.45, 2.75) is 19.4 Å². The smallest absolute Gasteiger partial charge is 0.0237 e. The van der Waals surface area contributed by atoms with Crippen LogP contribution in [0, 0.1) is 0 Å². The second-order valence-corrected chi connectivity index (χ2v) is 1.46. The normalized spacial score (nSPS) is 15.1. The van der Waals surface area contributed by atoms with Crippen LogP contribution >= 0.6 is 0 Å². The highest BCUT2D eigenvalue weighted by molar-refractivity contribution is 4.86. The highest BCUT2D eigenvalue weighted by Crippen LogP contribution is 1.83. The molecule has 4 N–H and O–H groups in total. The van der Waals surface area contributed by atoms with Crippen LogP contribution in [0.3, 0.4) is 0 Å². The molecule has 0 spiro atoms.